The fraction of sp³-hybridized carbons (Fsp3) is 0.615. The third-order valence-electron chi connectivity index (χ3n) is 8.80. The molecular weight excluding hydrogens is 483 g/mol. The van der Waals surface area contributed by atoms with Crippen molar-refractivity contribution in [2.45, 2.75) is 44.1 Å². The largest absolute Gasteiger partial charge is 0.380 e. The van der Waals surface area contributed by atoms with Crippen LogP contribution in [0.2, 0.25) is 5.15 Å². The summed E-state index contributed by atoms with van der Waals surface area (Å²) in [7, 11) is 3.42. The molecule has 4 aliphatic rings. The Hall–Kier alpha value is -2.36. The third-order valence-corrected chi connectivity index (χ3v) is 8.98. The SMILES string of the molecule is COC(OC)C1C[C@@H]2CN(c3cc(N4C5CCC4CN(c4cc(Cl)nnc4N)C5)ccc3F)C[C@@H]2C1. The van der Waals surface area contributed by atoms with Gasteiger partial charge in [-0.1, -0.05) is 11.6 Å². The normalized spacial score (nSPS) is 29.5. The molecule has 2 bridgehead atoms. The number of fused-ring (bicyclic) bond motifs is 3. The van der Waals surface area contributed by atoms with Crippen LogP contribution in [0.5, 0.6) is 0 Å². The Morgan fingerprint density at radius 1 is 0.944 bits per heavy atom. The lowest BCUT2D eigenvalue weighted by Crippen LogP contribution is -2.54. The van der Waals surface area contributed by atoms with Crippen molar-refractivity contribution in [3.05, 3.63) is 35.2 Å². The van der Waals surface area contributed by atoms with Gasteiger partial charge >= 0.3 is 0 Å². The summed E-state index contributed by atoms with van der Waals surface area (Å²) < 4.78 is 26.1. The van der Waals surface area contributed by atoms with Gasteiger partial charge in [-0.05, 0) is 55.7 Å². The zero-order valence-electron chi connectivity index (χ0n) is 20.8. The second-order valence-electron chi connectivity index (χ2n) is 10.8. The van der Waals surface area contributed by atoms with Gasteiger partial charge in [0.25, 0.3) is 0 Å². The van der Waals surface area contributed by atoms with Gasteiger partial charge in [-0.15, -0.1) is 10.2 Å². The molecule has 0 spiro atoms. The van der Waals surface area contributed by atoms with Crippen LogP contribution in [-0.2, 0) is 9.47 Å². The number of piperazine rings is 1. The first-order chi connectivity index (χ1) is 17.4. The first-order valence-corrected chi connectivity index (χ1v) is 13.2. The van der Waals surface area contributed by atoms with Crippen LogP contribution in [-0.4, -0.2) is 69.0 Å². The van der Waals surface area contributed by atoms with E-state index < -0.39 is 0 Å². The van der Waals surface area contributed by atoms with Crippen LogP contribution in [0, 0.1) is 23.6 Å². The number of ether oxygens (including phenoxy) is 2. The van der Waals surface area contributed by atoms with Crippen molar-refractivity contribution < 1.29 is 13.9 Å². The van der Waals surface area contributed by atoms with Gasteiger partial charge in [0.1, 0.15) is 5.82 Å². The molecule has 1 aromatic heterocycles. The number of nitrogens with zero attached hydrogens (tertiary/aromatic N) is 5. The van der Waals surface area contributed by atoms with Gasteiger partial charge in [0.15, 0.2) is 17.3 Å². The van der Waals surface area contributed by atoms with E-state index in [0.29, 0.717) is 40.8 Å². The van der Waals surface area contributed by atoms with E-state index >= 15 is 4.39 Å². The first kappa shape index (κ1) is 24.0. The van der Waals surface area contributed by atoms with Crippen molar-refractivity contribution >= 4 is 34.5 Å². The van der Waals surface area contributed by atoms with Gasteiger partial charge < -0.3 is 29.9 Å². The van der Waals surface area contributed by atoms with Crippen LogP contribution in [0.25, 0.3) is 0 Å². The highest BCUT2D eigenvalue weighted by Gasteiger charge is 2.45. The minimum atomic E-state index is -0.146. The van der Waals surface area contributed by atoms with Crippen LogP contribution < -0.4 is 20.4 Å². The Labute approximate surface area is 216 Å². The van der Waals surface area contributed by atoms with E-state index in [-0.39, 0.29) is 12.1 Å². The quantitative estimate of drug-likeness (QED) is 0.581. The predicted molar refractivity (Wildman–Crippen MR) is 139 cm³/mol. The van der Waals surface area contributed by atoms with Crippen molar-refractivity contribution in [1.82, 2.24) is 10.2 Å². The molecule has 6 rings (SSSR count). The van der Waals surface area contributed by atoms with Crippen molar-refractivity contribution in [3.8, 4) is 0 Å². The summed E-state index contributed by atoms with van der Waals surface area (Å²) in [5.74, 6) is 1.78. The number of nitrogen functional groups attached to an aromatic ring is 1. The molecule has 3 unspecified atom stereocenters. The van der Waals surface area contributed by atoms with Crippen molar-refractivity contribution in [3.63, 3.8) is 0 Å². The summed E-state index contributed by atoms with van der Waals surface area (Å²) in [6.07, 6.45) is 4.17. The zero-order valence-corrected chi connectivity index (χ0v) is 21.6. The maximum Gasteiger partial charge on any atom is 0.169 e. The summed E-state index contributed by atoms with van der Waals surface area (Å²) in [5, 5.41) is 8.19. The fourth-order valence-electron chi connectivity index (χ4n) is 7.29. The molecule has 1 aliphatic carbocycles. The summed E-state index contributed by atoms with van der Waals surface area (Å²) in [4.78, 5) is 7.01. The van der Waals surface area contributed by atoms with Crippen molar-refractivity contribution in [2.75, 3.05) is 60.8 Å². The number of rotatable bonds is 6. The van der Waals surface area contributed by atoms with Crippen LogP contribution >= 0.6 is 11.6 Å². The van der Waals surface area contributed by atoms with Gasteiger partial charge in [0.05, 0.1) is 11.4 Å². The highest BCUT2D eigenvalue weighted by atomic mass is 35.5. The van der Waals surface area contributed by atoms with Crippen LogP contribution in [0.4, 0.5) is 27.3 Å². The van der Waals surface area contributed by atoms with E-state index in [1.807, 2.05) is 6.07 Å². The molecule has 1 saturated carbocycles. The number of aromatic nitrogens is 2. The van der Waals surface area contributed by atoms with Gasteiger partial charge in [0, 0.05) is 70.2 Å². The van der Waals surface area contributed by atoms with E-state index in [1.165, 1.54) is 0 Å². The summed E-state index contributed by atoms with van der Waals surface area (Å²) in [6.45, 7) is 3.42. The number of halogens is 2. The molecule has 36 heavy (non-hydrogen) atoms. The fourth-order valence-corrected chi connectivity index (χ4v) is 7.43. The standard InChI is InChI=1S/C26H34ClFN6O2/c1-35-26(36-2)15-7-16-11-32(12-17(16)8-15)22-9-18(5-6-21(22)28)34-19-3-4-20(34)14-33(13-19)23-10-24(27)30-31-25(23)29/h5-6,9-10,15-17,19-20,26H,3-4,7-8,11-14H2,1-2H3,(H2,29,31)/t15?,16-,17+,19?,20?. The lowest BCUT2D eigenvalue weighted by molar-refractivity contribution is -0.136. The summed E-state index contributed by atoms with van der Waals surface area (Å²) in [6, 6.07) is 8.10. The maximum absolute atomic E-state index is 15.1. The van der Waals surface area contributed by atoms with E-state index in [1.54, 1.807) is 26.4 Å². The highest BCUT2D eigenvalue weighted by Crippen LogP contribution is 2.46. The predicted octanol–water partition coefficient (Wildman–Crippen LogP) is 3.79. The molecule has 0 radical (unpaired) electrons. The second kappa shape index (κ2) is 9.50. The van der Waals surface area contributed by atoms with E-state index in [4.69, 9.17) is 26.8 Å². The summed E-state index contributed by atoms with van der Waals surface area (Å²) >= 11 is 6.10. The molecule has 2 aromatic rings. The molecular formula is C26H34ClFN6O2. The van der Waals surface area contributed by atoms with Crippen LogP contribution in [0.3, 0.4) is 0 Å². The first-order valence-electron chi connectivity index (χ1n) is 12.9. The molecule has 2 N–H and O–H groups in total. The molecule has 10 heteroatoms. The third kappa shape index (κ3) is 4.15. The molecule has 3 aliphatic heterocycles. The topological polar surface area (TPSA) is 80.0 Å². The van der Waals surface area contributed by atoms with Crippen molar-refractivity contribution in [2.24, 2.45) is 17.8 Å². The van der Waals surface area contributed by atoms with Crippen molar-refractivity contribution in [1.29, 1.82) is 0 Å². The lowest BCUT2D eigenvalue weighted by Gasteiger charge is -2.43. The number of hydrogen-bond acceptors (Lipinski definition) is 8. The second-order valence-corrected chi connectivity index (χ2v) is 11.2. The summed E-state index contributed by atoms with van der Waals surface area (Å²) in [5.41, 5.74) is 8.79. The van der Waals surface area contributed by atoms with Gasteiger partial charge in [0.2, 0.25) is 0 Å². The smallest absolute Gasteiger partial charge is 0.169 e. The monoisotopic (exact) mass is 516 g/mol. The molecule has 4 fully saturated rings. The lowest BCUT2D eigenvalue weighted by atomic mass is 10.0. The Balaban J connectivity index is 1.18. The molecule has 8 nitrogen and oxygen atoms in total. The molecule has 4 heterocycles. The number of benzene rings is 1. The average molecular weight is 517 g/mol. The number of anilines is 4. The number of hydrogen-bond donors (Lipinski definition) is 1. The number of methoxy groups -OCH3 is 2. The molecule has 5 atom stereocenters. The van der Waals surface area contributed by atoms with Crippen LogP contribution in [0.1, 0.15) is 25.7 Å². The van der Waals surface area contributed by atoms with Gasteiger partial charge in [-0.25, -0.2) is 4.39 Å². The Morgan fingerprint density at radius 3 is 2.22 bits per heavy atom. The van der Waals surface area contributed by atoms with E-state index in [0.717, 1.165) is 68.9 Å². The van der Waals surface area contributed by atoms with Gasteiger partial charge in [-0.3, -0.25) is 0 Å². The minimum Gasteiger partial charge on any atom is -0.380 e. The zero-order chi connectivity index (χ0) is 25.0. The Kier molecular flexibility index (Phi) is 6.34. The van der Waals surface area contributed by atoms with Gasteiger partial charge in [-0.2, -0.15) is 0 Å². The van der Waals surface area contributed by atoms with E-state index in [2.05, 4.69) is 31.0 Å². The Bertz CT molecular complexity index is 1090. The van der Waals surface area contributed by atoms with Crippen LogP contribution in [0.15, 0.2) is 24.3 Å². The highest BCUT2D eigenvalue weighted by molar-refractivity contribution is 6.29. The molecule has 1 aromatic carbocycles. The Morgan fingerprint density at radius 2 is 1.58 bits per heavy atom. The molecule has 3 saturated heterocycles. The number of nitrogens with two attached hydrogens (primary N) is 1. The molecule has 194 valence electrons. The minimum absolute atomic E-state index is 0.141. The average Bonchev–Trinajstić information content (AvgIpc) is 3.52. The maximum atomic E-state index is 15.1. The molecule has 0 amide bonds. The van der Waals surface area contributed by atoms with E-state index in [9.17, 15) is 0 Å².